The summed E-state index contributed by atoms with van der Waals surface area (Å²) < 4.78 is 10.4. The zero-order valence-corrected chi connectivity index (χ0v) is 10.1. The first-order chi connectivity index (χ1) is 8.76. The van der Waals surface area contributed by atoms with Crippen molar-refractivity contribution in [2.24, 2.45) is 0 Å². The Labute approximate surface area is 104 Å². The van der Waals surface area contributed by atoms with Crippen molar-refractivity contribution in [3.63, 3.8) is 0 Å². The average Bonchev–Trinajstić information content (AvgIpc) is 2.39. The summed E-state index contributed by atoms with van der Waals surface area (Å²) in [4.78, 5) is 22.2. The topological polar surface area (TPSA) is 77.1 Å². The van der Waals surface area contributed by atoms with Crippen LogP contribution in [0.3, 0.4) is 0 Å². The molecule has 1 N–H and O–H groups in total. The normalized spacial score (nSPS) is 10.1. The van der Waals surface area contributed by atoms with Crippen LogP contribution in [-0.2, 0) is 0 Å². The molecule has 0 saturated heterocycles. The van der Waals surface area contributed by atoms with Crippen molar-refractivity contribution in [1.29, 1.82) is 0 Å². The molecular formula is C12H13N3O3. The van der Waals surface area contributed by atoms with Gasteiger partial charge in [0.05, 0.1) is 26.2 Å². The van der Waals surface area contributed by atoms with Gasteiger partial charge in [-0.1, -0.05) is 0 Å². The smallest absolute Gasteiger partial charge is 0.293 e. The van der Waals surface area contributed by atoms with Gasteiger partial charge < -0.3 is 14.5 Å². The van der Waals surface area contributed by atoms with Crippen LogP contribution >= 0.6 is 0 Å². The highest BCUT2D eigenvalue weighted by atomic mass is 16.5. The highest BCUT2D eigenvalue weighted by molar-refractivity contribution is 5.65. The minimum Gasteiger partial charge on any atom is -0.492 e. The molecule has 0 amide bonds. The minimum absolute atomic E-state index is 0.160. The van der Waals surface area contributed by atoms with Crippen molar-refractivity contribution >= 4 is 0 Å². The first kappa shape index (κ1) is 12.1. The molecule has 0 bridgehead atoms. The molecule has 0 spiro atoms. The van der Waals surface area contributed by atoms with Gasteiger partial charge in [-0.25, -0.2) is 4.98 Å². The van der Waals surface area contributed by atoms with E-state index in [0.717, 1.165) is 0 Å². The van der Waals surface area contributed by atoms with Crippen molar-refractivity contribution in [3.8, 4) is 22.8 Å². The average molecular weight is 247 g/mol. The number of aromatic amines is 1. The quantitative estimate of drug-likeness (QED) is 0.879. The van der Waals surface area contributed by atoms with Gasteiger partial charge in [0.15, 0.2) is 0 Å². The maximum absolute atomic E-state index is 11.6. The zero-order chi connectivity index (χ0) is 13.0. The Bertz CT molecular complexity index is 595. The fourth-order valence-electron chi connectivity index (χ4n) is 1.58. The van der Waals surface area contributed by atoms with E-state index < -0.39 is 0 Å². The van der Waals surface area contributed by atoms with Crippen LogP contribution in [0.4, 0.5) is 0 Å². The number of aromatic nitrogens is 3. The Balaban J connectivity index is 2.51. The zero-order valence-electron chi connectivity index (χ0n) is 10.1. The first-order valence-corrected chi connectivity index (χ1v) is 5.46. The molecule has 0 radical (unpaired) electrons. The lowest BCUT2D eigenvalue weighted by molar-refractivity contribution is 0.339. The van der Waals surface area contributed by atoms with Crippen LogP contribution in [0.25, 0.3) is 11.3 Å². The number of hydrogen-bond acceptors (Lipinski definition) is 5. The summed E-state index contributed by atoms with van der Waals surface area (Å²) in [7, 11) is 1.43. The second-order valence-corrected chi connectivity index (χ2v) is 3.46. The van der Waals surface area contributed by atoms with Gasteiger partial charge >= 0.3 is 0 Å². The lowest BCUT2D eigenvalue weighted by Crippen LogP contribution is -2.11. The molecule has 6 nitrogen and oxygen atoms in total. The van der Waals surface area contributed by atoms with Crippen LogP contribution in [0.15, 0.2) is 29.6 Å². The van der Waals surface area contributed by atoms with E-state index in [1.807, 2.05) is 6.92 Å². The molecule has 0 aliphatic heterocycles. The molecule has 2 aromatic rings. The van der Waals surface area contributed by atoms with Crippen LogP contribution in [0.5, 0.6) is 11.5 Å². The summed E-state index contributed by atoms with van der Waals surface area (Å²) >= 11 is 0. The van der Waals surface area contributed by atoms with Crippen LogP contribution in [0.2, 0.25) is 0 Å². The number of nitrogens with one attached hydrogen (secondary N) is 1. The monoisotopic (exact) mass is 247 g/mol. The molecule has 0 aromatic carbocycles. The van der Waals surface area contributed by atoms with E-state index in [9.17, 15) is 4.79 Å². The van der Waals surface area contributed by atoms with Gasteiger partial charge in [0.2, 0.25) is 5.75 Å². The predicted octanol–water partition coefficient (Wildman–Crippen LogP) is 1.24. The number of rotatable bonds is 4. The molecule has 18 heavy (non-hydrogen) atoms. The minimum atomic E-state index is -0.329. The van der Waals surface area contributed by atoms with E-state index in [4.69, 9.17) is 9.47 Å². The van der Waals surface area contributed by atoms with Crippen molar-refractivity contribution in [1.82, 2.24) is 15.0 Å². The van der Waals surface area contributed by atoms with Crippen molar-refractivity contribution < 1.29 is 9.47 Å². The summed E-state index contributed by atoms with van der Waals surface area (Å²) in [5.74, 6) is 0.784. The third kappa shape index (κ3) is 2.32. The molecule has 0 saturated carbocycles. The van der Waals surface area contributed by atoms with E-state index in [2.05, 4.69) is 15.0 Å². The van der Waals surface area contributed by atoms with Gasteiger partial charge in [-0.15, -0.1) is 0 Å². The van der Waals surface area contributed by atoms with Gasteiger partial charge in [0, 0.05) is 11.8 Å². The molecule has 0 atom stereocenters. The van der Waals surface area contributed by atoms with Gasteiger partial charge in [0.1, 0.15) is 11.4 Å². The van der Waals surface area contributed by atoms with E-state index in [1.165, 1.54) is 13.4 Å². The fraction of sp³-hybridized carbons (Fsp3) is 0.250. The Kier molecular flexibility index (Phi) is 3.57. The number of H-pyrrole nitrogens is 1. The van der Waals surface area contributed by atoms with Crippen molar-refractivity contribution in [3.05, 3.63) is 35.1 Å². The van der Waals surface area contributed by atoms with E-state index in [-0.39, 0.29) is 11.3 Å². The molecule has 0 unspecified atom stereocenters. The number of methoxy groups -OCH3 is 1. The van der Waals surface area contributed by atoms with Gasteiger partial charge in [-0.3, -0.25) is 9.78 Å². The first-order valence-electron chi connectivity index (χ1n) is 5.46. The SMILES string of the molecule is CCOc1cncc(-c2nc[nH]c(=O)c2OC)c1. The third-order valence-corrected chi connectivity index (χ3v) is 2.31. The summed E-state index contributed by atoms with van der Waals surface area (Å²) in [6.07, 6.45) is 4.53. The highest BCUT2D eigenvalue weighted by Crippen LogP contribution is 2.25. The Morgan fingerprint density at radius 2 is 2.22 bits per heavy atom. The molecule has 0 aliphatic carbocycles. The fourth-order valence-corrected chi connectivity index (χ4v) is 1.58. The Morgan fingerprint density at radius 1 is 1.39 bits per heavy atom. The highest BCUT2D eigenvalue weighted by Gasteiger charge is 2.12. The van der Waals surface area contributed by atoms with E-state index in [0.29, 0.717) is 23.6 Å². The summed E-state index contributed by atoms with van der Waals surface area (Å²) in [5.41, 5.74) is 0.781. The number of hydrogen-bond donors (Lipinski definition) is 1. The summed E-state index contributed by atoms with van der Waals surface area (Å²) in [5, 5.41) is 0. The third-order valence-electron chi connectivity index (χ3n) is 2.31. The van der Waals surface area contributed by atoms with Gasteiger partial charge in [-0.05, 0) is 13.0 Å². The molecular weight excluding hydrogens is 234 g/mol. The summed E-state index contributed by atoms with van der Waals surface area (Å²) in [6, 6.07) is 1.76. The maximum atomic E-state index is 11.6. The largest absolute Gasteiger partial charge is 0.492 e. The van der Waals surface area contributed by atoms with Crippen molar-refractivity contribution in [2.75, 3.05) is 13.7 Å². The molecule has 94 valence electrons. The van der Waals surface area contributed by atoms with Gasteiger partial charge in [0.25, 0.3) is 5.56 Å². The predicted molar refractivity (Wildman–Crippen MR) is 65.8 cm³/mol. The second-order valence-electron chi connectivity index (χ2n) is 3.46. The Hall–Kier alpha value is -2.37. The standard InChI is InChI=1S/C12H13N3O3/c1-3-18-9-4-8(5-13-6-9)10-11(17-2)12(16)15-7-14-10/h4-7H,3H2,1-2H3,(H,14,15,16). The van der Waals surface area contributed by atoms with Gasteiger partial charge in [-0.2, -0.15) is 0 Å². The lowest BCUT2D eigenvalue weighted by atomic mass is 10.2. The lowest BCUT2D eigenvalue weighted by Gasteiger charge is -2.07. The van der Waals surface area contributed by atoms with Crippen LogP contribution in [0.1, 0.15) is 6.92 Å². The molecule has 0 fully saturated rings. The Morgan fingerprint density at radius 3 is 2.94 bits per heavy atom. The molecule has 0 aliphatic rings. The second kappa shape index (κ2) is 5.31. The van der Waals surface area contributed by atoms with Crippen molar-refractivity contribution in [2.45, 2.75) is 6.92 Å². The molecule has 2 heterocycles. The van der Waals surface area contributed by atoms with Crippen LogP contribution in [0, 0.1) is 0 Å². The van der Waals surface area contributed by atoms with Crippen LogP contribution < -0.4 is 15.0 Å². The number of ether oxygens (including phenoxy) is 2. The van der Waals surface area contributed by atoms with Crippen LogP contribution in [-0.4, -0.2) is 28.7 Å². The number of pyridine rings is 1. The van der Waals surface area contributed by atoms with E-state index in [1.54, 1.807) is 18.5 Å². The maximum Gasteiger partial charge on any atom is 0.293 e. The molecule has 2 rings (SSSR count). The van der Waals surface area contributed by atoms with E-state index >= 15 is 0 Å². The summed E-state index contributed by atoms with van der Waals surface area (Å²) in [6.45, 7) is 2.43. The number of nitrogens with zero attached hydrogens (tertiary/aromatic N) is 2. The molecule has 2 aromatic heterocycles. The molecule has 6 heteroatoms.